The molecule has 1 saturated heterocycles. The van der Waals surface area contributed by atoms with Crippen molar-refractivity contribution in [3.05, 3.63) is 28.7 Å². The van der Waals surface area contributed by atoms with Crippen molar-refractivity contribution in [1.29, 1.82) is 0 Å². The molecule has 1 fully saturated rings. The first-order valence-electron chi connectivity index (χ1n) is 5.94. The molecule has 0 saturated carbocycles. The first kappa shape index (κ1) is 15.4. The molecule has 0 radical (unpaired) electrons. The summed E-state index contributed by atoms with van der Waals surface area (Å²) in [5.74, 6) is 2.20. The van der Waals surface area contributed by atoms with Crippen LogP contribution in [-0.2, 0) is 0 Å². The molecule has 1 N–H and O–H groups in total. The summed E-state index contributed by atoms with van der Waals surface area (Å²) in [5, 5.41) is 3.42. The van der Waals surface area contributed by atoms with Gasteiger partial charge in [0.1, 0.15) is 0 Å². The maximum Gasteiger partial charge on any atom is 0.0176 e. The maximum atomic E-state index is 3.46. The fraction of sp³-hybridized carbons (Fsp3) is 0.538. The van der Waals surface area contributed by atoms with Gasteiger partial charge < -0.3 is 5.32 Å². The van der Waals surface area contributed by atoms with Crippen LogP contribution in [0.1, 0.15) is 19.3 Å². The first-order chi connectivity index (χ1) is 7.84. The van der Waals surface area contributed by atoms with Crippen LogP contribution in [0.5, 0.6) is 0 Å². The van der Waals surface area contributed by atoms with Crippen molar-refractivity contribution < 1.29 is 0 Å². The minimum absolute atomic E-state index is 0. The lowest BCUT2D eigenvalue weighted by atomic mass is 9.96. The number of piperidine rings is 1. The number of nitrogens with one attached hydrogen (secondary N) is 1. The van der Waals surface area contributed by atoms with E-state index in [1.807, 2.05) is 11.8 Å². The monoisotopic (exact) mass is 335 g/mol. The molecule has 96 valence electrons. The van der Waals surface area contributed by atoms with Crippen LogP contribution in [0.2, 0.25) is 0 Å². The summed E-state index contributed by atoms with van der Waals surface area (Å²) in [6.07, 6.45) is 4.09. The second-order valence-electron chi connectivity index (χ2n) is 4.28. The van der Waals surface area contributed by atoms with Gasteiger partial charge in [-0.2, -0.15) is 0 Å². The fourth-order valence-electron chi connectivity index (χ4n) is 2.04. The van der Waals surface area contributed by atoms with Crippen LogP contribution in [0.25, 0.3) is 0 Å². The van der Waals surface area contributed by atoms with Crippen LogP contribution in [0.4, 0.5) is 0 Å². The van der Waals surface area contributed by atoms with Crippen LogP contribution in [0, 0.1) is 5.92 Å². The topological polar surface area (TPSA) is 12.0 Å². The van der Waals surface area contributed by atoms with Gasteiger partial charge in [0.25, 0.3) is 0 Å². The van der Waals surface area contributed by atoms with Gasteiger partial charge in [0, 0.05) is 9.37 Å². The van der Waals surface area contributed by atoms with Crippen molar-refractivity contribution >= 4 is 40.1 Å². The Kier molecular flexibility index (Phi) is 7.60. The van der Waals surface area contributed by atoms with Gasteiger partial charge >= 0.3 is 0 Å². The lowest BCUT2D eigenvalue weighted by Crippen LogP contribution is -2.27. The fourth-order valence-corrected chi connectivity index (χ4v) is 3.32. The Morgan fingerprint density at radius 3 is 2.47 bits per heavy atom. The predicted molar refractivity (Wildman–Crippen MR) is 82.3 cm³/mol. The number of thioether (sulfide) groups is 1. The zero-order chi connectivity index (χ0) is 11.2. The minimum atomic E-state index is 0. The van der Waals surface area contributed by atoms with Crippen molar-refractivity contribution in [3.63, 3.8) is 0 Å². The SMILES string of the molecule is Brc1ccc(SCCC2CCNCC2)cc1.Cl. The van der Waals surface area contributed by atoms with E-state index in [-0.39, 0.29) is 12.4 Å². The van der Waals surface area contributed by atoms with Crippen LogP contribution < -0.4 is 5.32 Å². The Balaban J connectivity index is 0.00000144. The van der Waals surface area contributed by atoms with Gasteiger partial charge in [0.15, 0.2) is 0 Å². The van der Waals surface area contributed by atoms with Gasteiger partial charge in [-0.3, -0.25) is 0 Å². The number of rotatable bonds is 4. The molecule has 0 unspecified atom stereocenters. The Morgan fingerprint density at radius 1 is 1.18 bits per heavy atom. The summed E-state index contributed by atoms with van der Waals surface area (Å²) in [6, 6.07) is 8.62. The smallest absolute Gasteiger partial charge is 0.0176 e. The van der Waals surface area contributed by atoms with Gasteiger partial charge in [-0.25, -0.2) is 0 Å². The first-order valence-corrected chi connectivity index (χ1v) is 7.71. The summed E-state index contributed by atoms with van der Waals surface area (Å²) in [7, 11) is 0. The highest BCUT2D eigenvalue weighted by atomic mass is 79.9. The van der Waals surface area contributed by atoms with Gasteiger partial charge in [0.2, 0.25) is 0 Å². The molecule has 0 amide bonds. The highest BCUT2D eigenvalue weighted by Crippen LogP contribution is 2.24. The summed E-state index contributed by atoms with van der Waals surface area (Å²) < 4.78 is 1.16. The van der Waals surface area contributed by atoms with Gasteiger partial charge in [-0.05, 0) is 68.3 Å². The third kappa shape index (κ3) is 5.64. The van der Waals surface area contributed by atoms with Crippen molar-refractivity contribution in [3.8, 4) is 0 Å². The second kappa shape index (κ2) is 8.41. The average molecular weight is 337 g/mol. The summed E-state index contributed by atoms with van der Waals surface area (Å²) in [4.78, 5) is 1.39. The number of hydrogen-bond acceptors (Lipinski definition) is 2. The van der Waals surface area contributed by atoms with Crippen LogP contribution in [0.15, 0.2) is 33.6 Å². The molecule has 1 aliphatic rings. The van der Waals surface area contributed by atoms with Crippen molar-refractivity contribution in [2.45, 2.75) is 24.2 Å². The molecule has 0 bridgehead atoms. The second-order valence-corrected chi connectivity index (χ2v) is 6.37. The third-order valence-corrected chi connectivity index (χ3v) is 4.64. The van der Waals surface area contributed by atoms with Gasteiger partial charge in [0.05, 0.1) is 0 Å². The minimum Gasteiger partial charge on any atom is -0.317 e. The van der Waals surface area contributed by atoms with E-state index in [0.717, 1.165) is 10.4 Å². The molecular weight excluding hydrogens is 318 g/mol. The number of benzene rings is 1. The lowest BCUT2D eigenvalue weighted by molar-refractivity contribution is 0.367. The average Bonchev–Trinajstić information content (AvgIpc) is 2.33. The standard InChI is InChI=1S/C13H18BrNS.ClH/c14-12-1-3-13(4-2-12)16-10-7-11-5-8-15-9-6-11;/h1-4,11,15H,5-10H2;1H. The molecule has 1 aliphatic heterocycles. The zero-order valence-corrected chi connectivity index (χ0v) is 13.0. The van der Waals surface area contributed by atoms with E-state index in [1.165, 1.54) is 43.0 Å². The van der Waals surface area contributed by atoms with E-state index in [1.54, 1.807) is 0 Å². The molecule has 4 heteroatoms. The molecule has 1 aromatic carbocycles. The van der Waals surface area contributed by atoms with Gasteiger partial charge in [-0.15, -0.1) is 24.2 Å². The Hall–Kier alpha value is 0.300. The zero-order valence-electron chi connectivity index (χ0n) is 9.82. The Labute approximate surface area is 123 Å². The molecular formula is C13H19BrClNS. The van der Waals surface area contributed by atoms with E-state index in [4.69, 9.17) is 0 Å². The van der Waals surface area contributed by atoms with E-state index in [2.05, 4.69) is 45.5 Å². The lowest BCUT2D eigenvalue weighted by Gasteiger charge is -2.22. The third-order valence-electron chi connectivity index (χ3n) is 3.07. The van der Waals surface area contributed by atoms with Crippen molar-refractivity contribution in [2.75, 3.05) is 18.8 Å². The van der Waals surface area contributed by atoms with Crippen LogP contribution in [-0.4, -0.2) is 18.8 Å². The van der Waals surface area contributed by atoms with Crippen LogP contribution in [0.3, 0.4) is 0 Å². The van der Waals surface area contributed by atoms with E-state index in [0.29, 0.717) is 0 Å². The largest absolute Gasteiger partial charge is 0.317 e. The molecule has 0 atom stereocenters. The van der Waals surface area contributed by atoms with E-state index >= 15 is 0 Å². The summed E-state index contributed by atoms with van der Waals surface area (Å²) in [5.41, 5.74) is 0. The molecule has 2 rings (SSSR count). The maximum absolute atomic E-state index is 3.46. The van der Waals surface area contributed by atoms with E-state index in [9.17, 15) is 0 Å². The molecule has 0 spiro atoms. The quantitative estimate of drug-likeness (QED) is 0.820. The van der Waals surface area contributed by atoms with Gasteiger partial charge in [-0.1, -0.05) is 15.9 Å². The molecule has 1 heterocycles. The predicted octanol–water partition coefficient (Wildman–Crippen LogP) is 4.35. The van der Waals surface area contributed by atoms with E-state index < -0.39 is 0 Å². The highest BCUT2D eigenvalue weighted by molar-refractivity contribution is 9.10. The Bertz CT molecular complexity index is 312. The molecule has 17 heavy (non-hydrogen) atoms. The highest BCUT2D eigenvalue weighted by Gasteiger charge is 2.12. The number of halogens is 2. The molecule has 1 aromatic rings. The normalized spacial score (nSPS) is 16.5. The molecule has 0 aliphatic carbocycles. The van der Waals surface area contributed by atoms with Crippen molar-refractivity contribution in [2.24, 2.45) is 5.92 Å². The Morgan fingerprint density at radius 2 is 1.82 bits per heavy atom. The molecule has 1 nitrogen and oxygen atoms in total. The summed E-state index contributed by atoms with van der Waals surface area (Å²) in [6.45, 7) is 2.43. The summed E-state index contributed by atoms with van der Waals surface area (Å²) >= 11 is 5.44. The van der Waals surface area contributed by atoms with Crippen molar-refractivity contribution in [1.82, 2.24) is 5.32 Å². The van der Waals surface area contributed by atoms with Crippen LogP contribution >= 0.6 is 40.1 Å². The number of hydrogen-bond donors (Lipinski definition) is 1. The molecule has 0 aromatic heterocycles.